The highest BCUT2D eigenvalue weighted by atomic mass is 35.5. The molecule has 3 rings (SSSR count). The summed E-state index contributed by atoms with van der Waals surface area (Å²) in [6.07, 6.45) is 5.38. The minimum absolute atomic E-state index is 0. The van der Waals surface area contributed by atoms with Crippen LogP contribution in [0, 0.1) is 13.8 Å². The van der Waals surface area contributed by atoms with Crippen LogP contribution in [0.1, 0.15) is 47.9 Å². The summed E-state index contributed by atoms with van der Waals surface area (Å²) in [4.78, 5) is 0. The Balaban J connectivity index is 0.00000225. The Morgan fingerprint density at radius 2 is 1.60 bits per heavy atom. The van der Waals surface area contributed by atoms with Crippen LogP contribution in [0.25, 0.3) is 0 Å². The maximum absolute atomic E-state index is 6.06. The Bertz CT molecular complexity index is 656. The zero-order valence-electron chi connectivity index (χ0n) is 15.0. The van der Waals surface area contributed by atoms with Gasteiger partial charge < -0.3 is 10.1 Å². The van der Waals surface area contributed by atoms with E-state index in [-0.39, 0.29) is 12.4 Å². The summed E-state index contributed by atoms with van der Waals surface area (Å²) in [6, 6.07) is 13.0. The Morgan fingerprint density at radius 1 is 1.00 bits per heavy atom. The van der Waals surface area contributed by atoms with Gasteiger partial charge in [0.05, 0.1) is 0 Å². The van der Waals surface area contributed by atoms with Crippen LogP contribution >= 0.6 is 24.0 Å². The van der Waals surface area contributed by atoms with Crippen LogP contribution in [0.5, 0.6) is 5.75 Å². The lowest BCUT2D eigenvalue weighted by Gasteiger charge is -2.16. The summed E-state index contributed by atoms with van der Waals surface area (Å²) in [7, 11) is 0. The fraction of sp³-hybridized carbons (Fsp3) is 0.429. The molecule has 0 spiro atoms. The Morgan fingerprint density at radius 3 is 2.20 bits per heavy atom. The molecule has 0 aromatic heterocycles. The molecule has 0 unspecified atom stereocenters. The van der Waals surface area contributed by atoms with E-state index in [1.807, 2.05) is 24.3 Å². The zero-order valence-corrected chi connectivity index (χ0v) is 16.6. The van der Waals surface area contributed by atoms with Crippen molar-refractivity contribution in [1.82, 2.24) is 5.32 Å². The number of rotatable bonds is 6. The number of halogens is 2. The minimum Gasteiger partial charge on any atom is -0.488 e. The standard InChI is InChI=1S/C21H26ClNO.ClH/c1-15-11-18(13-23-20-5-3-4-6-20)12-16(2)21(15)24-14-17-7-9-19(22)10-8-17;/h7-12,20,23H,3-6,13-14H2,1-2H3;1H. The molecule has 1 aliphatic carbocycles. The maximum Gasteiger partial charge on any atom is 0.125 e. The van der Waals surface area contributed by atoms with Crippen LogP contribution in [0.4, 0.5) is 0 Å². The van der Waals surface area contributed by atoms with Gasteiger partial charge in [-0.25, -0.2) is 0 Å². The van der Waals surface area contributed by atoms with E-state index < -0.39 is 0 Å². The normalized spacial score (nSPS) is 14.4. The fourth-order valence-electron chi connectivity index (χ4n) is 3.50. The molecule has 1 fully saturated rings. The molecule has 0 aliphatic heterocycles. The third kappa shape index (κ3) is 5.64. The molecular formula is C21H27Cl2NO. The largest absolute Gasteiger partial charge is 0.488 e. The molecule has 25 heavy (non-hydrogen) atoms. The van der Waals surface area contributed by atoms with Gasteiger partial charge in [-0.2, -0.15) is 0 Å². The smallest absolute Gasteiger partial charge is 0.125 e. The van der Waals surface area contributed by atoms with E-state index in [0.29, 0.717) is 12.6 Å². The number of hydrogen-bond acceptors (Lipinski definition) is 2. The summed E-state index contributed by atoms with van der Waals surface area (Å²) in [5.41, 5.74) is 4.88. The van der Waals surface area contributed by atoms with Gasteiger partial charge >= 0.3 is 0 Å². The van der Waals surface area contributed by atoms with E-state index in [0.717, 1.165) is 22.9 Å². The second kappa shape index (κ2) is 9.47. The minimum atomic E-state index is 0. The predicted octanol–water partition coefficient (Wildman–Crippen LogP) is 5.99. The van der Waals surface area contributed by atoms with E-state index in [4.69, 9.17) is 16.3 Å². The first-order chi connectivity index (χ1) is 11.6. The van der Waals surface area contributed by atoms with E-state index in [2.05, 4.69) is 31.3 Å². The average Bonchev–Trinajstić information content (AvgIpc) is 3.07. The first-order valence-corrected chi connectivity index (χ1v) is 9.20. The quantitative estimate of drug-likeness (QED) is 0.665. The average molecular weight is 380 g/mol. The van der Waals surface area contributed by atoms with Crippen LogP contribution in [-0.4, -0.2) is 6.04 Å². The van der Waals surface area contributed by atoms with Crippen molar-refractivity contribution >= 4 is 24.0 Å². The van der Waals surface area contributed by atoms with Crippen molar-refractivity contribution in [2.75, 3.05) is 0 Å². The van der Waals surface area contributed by atoms with Gasteiger partial charge in [-0.3, -0.25) is 0 Å². The molecule has 4 heteroatoms. The van der Waals surface area contributed by atoms with Gasteiger partial charge in [0.25, 0.3) is 0 Å². The molecule has 1 N–H and O–H groups in total. The number of ether oxygens (including phenoxy) is 1. The third-order valence-corrected chi connectivity index (χ3v) is 5.02. The van der Waals surface area contributed by atoms with Crippen molar-refractivity contribution in [3.05, 3.63) is 63.7 Å². The molecule has 0 saturated heterocycles. The molecule has 2 aromatic carbocycles. The van der Waals surface area contributed by atoms with Gasteiger partial charge in [-0.1, -0.05) is 48.7 Å². The topological polar surface area (TPSA) is 21.3 Å². The lowest BCUT2D eigenvalue weighted by atomic mass is 10.0. The molecule has 1 aliphatic rings. The first-order valence-electron chi connectivity index (χ1n) is 8.82. The molecule has 2 aromatic rings. The van der Waals surface area contributed by atoms with Crippen LogP contribution in [0.2, 0.25) is 5.02 Å². The highest BCUT2D eigenvalue weighted by Crippen LogP contribution is 2.26. The van der Waals surface area contributed by atoms with Gasteiger partial charge in [0.15, 0.2) is 0 Å². The zero-order chi connectivity index (χ0) is 16.9. The van der Waals surface area contributed by atoms with Gasteiger partial charge in [0, 0.05) is 17.6 Å². The lowest BCUT2D eigenvalue weighted by molar-refractivity contribution is 0.302. The van der Waals surface area contributed by atoms with E-state index >= 15 is 0 Å². The predicted molar refractivity (Wildman–Crippen MR) is 108 cm³/mol. The van der Waals surface area contributed by atoms with Crippen molar-refractivity contribution in [2.45, 2.75) is 58.7 Å². The Kier molecular flexibility index (Phi) is 7.61. The number of hydrogen-bond donors (Lipinski definition) is 1. The van der Waals surface area contributed by atoms with E-state index in [9.17, 15) is 0 Å². The molecule has 0 radical (unpaired) electrons. The van der Waals surface area contributed by atoms with Crippen LogP contribution < -0.4 is 10.1 Å². The molecule has 0 amide bonds. The molecule has 0 heterocycles. The van der Waals surface area contributed by atoms with Crippen molar-refractivity contribution in [3.63, 3.8) is 0 Å². The summed E-state index contributed by atoms with van der Waals surface area (Å²) in [5.74, 6) is 0.995. The van der Waals surface area contributed by atoms with Crippen molar-refractivity contribution in [2.24, 2.45) is 0 Å². The van der Waals surface area contributed by atoms with Crippen molar-refractivity contribution < 1.29 is 4.74 Å². The molecule has 2 nitrogen and oxygen atoms in total. The number of nitrogens with one attached hydrogen (secondary N) is 1. The van der Waals surface area contributed by atoms with E-state index in [1.54, 1.807) is 0 Å². The van der Waals surface area contributed by atoms with E-state index in [1.165, 1.54) is 42.4 Å². The monoisotopic (exact) mass is 379 g/mol. The van der Waals surface area contributed by atoms with Gasteiger partial charge in [-0.05, 0) is 61.1 Å². The van der Waals surface area contributed by atoms with Crippen molar-refractivity contribution in [1.29, 1.82) is 0 Å². The molecule has 0 bridgehead atoms. The molecule has 0 atom stereocenters. The maximum atomic E-state index is 6.06. The van der Waals surface area contributed by atoms with Gasteiger partial charge in [-0.15, -0.1) is 12.4 Å². The number of aryl methyl sites for hydroxylation is 2. The molecule has 136 valence electrons. The summed E-state index contributed by atoms with van der Waals surface area (Å²) in [6.45, 7) is 5.77. The van der Waals surface area contributed by atoms with Crippen LogP contribution in [0.15, 0.2) is 36.4 Å². The highest BCUT2D eigenvalue weighted by Gasteiger charge is 2.14. The Labute approximate surface area is 162 Å². The third-order valence-electron chi connectivity index (χ3n) is 4.77. The fourth-order valence-corrected chi connectivity index (χ4v) is 3.62. The summed E-state index contributed by atoms with van der Waals surface area (Å²) in [5, 5.41) is 4.44. The van der Waals surface area contributed by atoms with Crippen LogP contribution in [0.3, 0.4) is 0 Å². The second-order valence-corrected chi connectivity index (χ2v) is 7.27. The van der Waals surface area contributed by atoms with Gasteiger partial charge in [0.1, 0.15) is 12.4 Å². The SMILES string of the molecule is Cc1cc(CNC2CCCC2)cc(C)c1OCc1ccc(Cl)cc1.Cl. The first kappa shape index (κ1) is 20.1. The van der Waals surface area contributed by atoms with Crippen LogP contribution in [-0.2, 0) is 13.2 Å². The Hall–Kier alpha value is -1.22. The lowest BCUT2D eigenvalue weighted by Crippen LogP contribution is -2.25. The number of benzene rings is 2. The molecular weight excluding hydrogens is 353 g/mol. The summed E-state index contributed by atoms with van der Waals surface area (Å²) < 4.78 is 6.06. The highest BCUT2D eigenvalue weighted by molar-refractivity contribution is 6.30. The second-order valence-electron chi connectivity index (χ2n) is 6.84. The van der Waals surface area contributed by atoms with Crippen molar-refractivity contribution in [3.8, 4) is 5.75 Å². The molecule has 1 saturated carbocycles. The summed E-state index contributed by atoms with van der Waals surface area (Å²) >= 11 is 5.93. The van der Waals surface area contributed by atoms with Gasteiger partial charge in [0.2, 0.25) is 0 Å².